The summed E-state index contributed by atoms with van der Waals surface area (Å²) in [4.78, 5) is 37.4. The maximum atomic E-state index is 14.1. The quantitative estimate of drug-likeness (QED) is 0.508. The van der Waals surface area contributed by atoms with Crippen molar-refractivity contribution < 1.29 is 23.3 Å². The molecule has 7 nitrogen and oxygen atoms in total. The largest absolute Gasteiger partial charge is 0.324 e. The van der Waals surface area contributed by atoms with Gasteiger partial charge >= 0.3 is 0 Å². The van der Waals surface area contributed by atoms with E-state index in [1.54, 1.807) is 0 Å². The molecule has 1 aliphatic heterocycles. The molecule has 0 radical (unpaired) electrons. The number of benzene rings is 3. The first kappa shape index (κ1) is 20.1. The molecule has 1 N–H and O–H groups in total. The van der Waals surface area contributed by atoms with Crippen LogP contribution in [-0.4, -0.2) is 28.2 Å². The second kappa shape index (κ2) is 7.94. The Morgan fingerprint density at radius 1 is 1.00 bits per heavy atom. The zero-order valence-corrected chi connectivity index (χ0v) is 15.9. The second-order valence-corrected chi connectivity index (χ2v) is 6.97. The van der Waals surface area contributed by atoms with E-state index in [0.29, 0.717) is 16.8 Å². The lowest BCUT2D eigenvalue weighted by Gasteiger charge is -2.30. The lowest BCUT2D eigenvalue weighted by Crippen LogP contribution is -2.39. The summed E-state index contributed by atoms with van der Waals surface area (Å²) < 4.78 is 27.6. The van der Waals surface area contributed by atoms with Crippen LogP contribution in [0, 0.1) is 21.7 Å². The summed E-state index contributed by atoms with van der Waals surface area (Å²) in [5.74, 6) is -2.13. The fraction of sp³-hybridized carbons (Fsp3) is 0.0909. The standard InChI is InChI=1S/C22H15F2N3O4/c23-15-5-1-13(2-6-15)21-18-11-16(24)7-10-19(18)25-20(28)12-26(21)22(29)14-3-8-17(9-4-14)27(30)31/h1-11,21H,12H2,(H,25,28)/t21-/m1/s1. The Balaban J connectivity index is 1.85. The molecular formula is C22H15F2N3O4. The lowest BCUT2D eigenvalue weighted by molar-refractivity contribution is -0.384. The van der Waals surface area contributed by atoms with Crippen LogP contribution in [0.25, 0.3) is 0 Å². The van der Waals surface area contributed by atoms with E-state index in [4.69, 9.17) is 0 Å². The van der Waals surface area contributed by atoms with Gasteiger partial charge in [-0.2, -0.15) is 0 Å². The predicted octanol–water partition coefficient (Wildman–Crippen LogP) is 4.06. The van der Waals surface area contributed by atoms with Gasteiger partial charge in [-0.3, -0.25) is 19.7 Å². The normalized spacial score (nSPS) is 15.6. The Morgan fingerprint density at radius 2 is 1.65 bits per heavy atom. The number of anilines is 1. The molecule has 1 aliphatic rings. The van der Waals surface area contributed by atoms with Crippen molar-refractivity contribution in [3.05, 3.63) is 105 Å². The van der Waals surface area contributed by atoms with Crippen LogP contribution in [0.5, 0.6) is 0 Å². The van der Waals surface area contributed by atoms with Gasteiger partial charge in [0.1, 0.15) is 18.2 Å². The van der Waals surface area contributed by atoms with Gasteiger partial charge in [0.25, 0.3) is 11.6 Å². The summed E-state index contributed by atoms with van der Waals surface area (Å²) in [6, 6.07) is 13.2. The highest BCUT2D eigenvalue weighted by molar-refractivity contribution is 6.01. The van der Waals surface area contributed by atoms with Gasteiger partial charge in [-0.1, -0.05) is 12.1 Å². The Hall–Kier alpha value is -4.14. The van der Waals surface area contributed by atoms with Crippen LogP contribution in [0.3, 0.4) is 0 Å². The van der Waals surface area contributed by atoms with E-state index in [1.807, 2.05) is 0 Å². The molecule has 1 heterocycles. The molecule has 0 saturated heterocycles. The highest BCUT2D eigenvalue weighted by atomic mass is 19.1. The third-order valence-corrected chi connectivity index (χ3v) is 4.98. The molecule has 0 bridgehead atoms. The summed E-state index contributed by atoms with van der Waals surface area (Å²) in [5, 5.41) is 13.6. The minimum atomic E-state index is -0.895. The minimum Gasteiger partial charge on any atom is -0.324 e. The monoisotopic (exact) mass is 423 g/mol. The van der Waals surface area contributed by atoms with Crippen LogP contribution >= 0.6 is 0 Å². The molecule has 156 valence electrons. The number of nitro benzene ring substituents is 1. The molecular weight excluding hydrogens is 408 g/mol. The third-order valence-electron chi connectivity index (χ3n) is 4.98. The number of rotatable bonds is 3. The van der Waals surface area contributed by atoms with Crippen molar-refractivity contribution in [2.75, 3.05) is 11.9 Å². The van der Waals surface area contributed by atoms with E-state index in [-0.39, 0.29) is 17.8 Å². The predicted molar refractivity (Wildman–Crippen MR) is 107 cm³/mol. The number of hydrogen-bond donors (Lipinski definition) is 1. The molecule has 3 aromatic carbocycles. The number of nitrogens with one attached hydrogen (secondary N) is 1. The molecule has 0 spiro atoms. The van der Waals surface area contributed by atoms with Crippen molar-refractivity contribution in [3.63, 3.8) is 0 Å². The van der Waals surface area contributed by atoms with Crippen LogP contribution < -0.4 is 5.32 Å². The van der Waals surface area contributed by atoms with Gasteiger partial charge in [0.05, 0.1) is 11.0 Å². The molecule has 0 fully saturated rings. The van der Waals surface area contributed by atoms with Crippen molar-refractivity contribution in [1.29, 1.82) is 0 Å². The number of carbonyl (C=O) groups is 2. The maximum Gasteiger partial charge on any atom is 0.269 e. The second-order valence-electron chi connectivity index (χ2n) is 6.97. The summed E-state index contributed by atoms with van der Waals surface area (Å²) >= 11 is 0. The average molecular weight is 423 g/mol. The summed E-state index contributed by atoms with van der Waals surface area (Å²) in [6.07, 6.45) is 0. The van der Waals surface area contributed by atoms with Gasteiger partial charge in [0, 0.05) is 28.9 Å². The third kappa shape index (κ3) is 3.97. The number of carbonyl (C=O) groups excluding carboxylic acids is 2. The minimum absolute atomic E-state index is 0.116. The Bertz CT molecular complexity index is 1180. The van der Waals surface area contributed by atoms with Gasteiger partial charge in [-0.15, -0.1) is 0 Å². The summed E-state index contributed by atoms with van der Waals surface area (Å²) in [5.41, 5.74) is 1.06. The Labute approximate surface area is 175 Å². The maximum absolute atomic E-state index is 14.1. The average Bonchev–Trinajstić information content (AvgIpc) is 2.89. The number of nitrogens with zero attached hydrogens (tertiary/aromatic N) is 2. The fourth-order valence-electron chi connectivity index (χ4n) is 3.56. The zero-order valence-electron chi connectivity index (χ0n) is 15.9. The molecule has 0 unspecified atom stereocenters. The van der Waals surface area contributed by atoms with Crippen molar-refractivity contribution in [2.24, 2.45) is 0 Å². The molecule has 0 aromatic heterocycles. The van der Waals surface area contributed by atoms with Gasteiger partial charge in [0.15, 0.2) is 0 Å². The first-order chi connectivity index (χ1) is 14.8. The van der Waals surface area contributed by atoms with E-state index in [0.717, 1.165) is 0 Å². The van der Waals surface area contributed by atoms with Gasteiger partial charge in [-0.25, -0.2) is 8.78 Å². The summed E-state index contributed by atoms with van der Waals surface area (Å²) in [6.45, 7) is -0.353. The van der Waals surface area contributed by atoms with E-state index in [9.17, 15) is 28.5 Å². The number of amides is 2. The summed E-state index contributed by atoms with van der Waals surface area (Å²) in [7, 11) is 0. The fourth-order valence-corrected chi connectivity index (χ4v) is 3.56. The first-order valence-electron chi connectivity index (χ1n) is 9.23. The van der Waals surface area contributed by atoms with Gasteiger partial charge in [0.2, 0.25) is 5.91 Å². The number of nitro groups is 1. The van der Waals surface area contributed by atoms with E-state index >= 15 is 0 Å². The van der Waals surface area contributed by atoms with Crippen molar-refractivity contribution in [2.45, 2.75) is 6.04 Å². The highest BCUT2D eigenvalue weighted by Crippen LogP contribution is 2.37. The molecule has 0 saturated carbocycles. The van der Waals surface area contributed by atoms with Crippen LogP contribution in [0.1, 0.15) is 27.5 Å². The van der Waals surface area contributed by atoms with Gasteiger partial charge < -0.3 is 10.2 Å². The van der Waals surface area contributed by atoms with Crippen molar-refractivity contribution in [3.8, 4) is 0 Å². The van der Waals surface area contributed by atoms with Crippen LogP contribution in [-0.2, 0) is 4.79 Å². The van der Waals surface area contributed by atoms with E-state index in [2.05, 4.69) is 5.32 Å². The number of halogens is 2. The van der Waals surface area contributed by atoms with E-state index < -0.39 is 34.4 Å². The van der Waals surface area contributed by atoms with Crippen molar-refractivity contribution >= 4 is 23.2 Å². The van der Waals surface area contributed by atoms with Crippen LogP contribution in [0.15, 0.2) is 66.7 Å². The molecule has 9 heteroatoms. The molecule has 2 amide bonds. The number of hydrogen-bond acceptors (Lipinski definition) is 4. The topological polar surface area (TPSA) is 92.5 Å². The number of fused-ring (bicyclic) bond motifs is 1. The van der Waals surface area contributed by atoms with E-state index in [1.165, 1.54) is 71.6 Å². The molecule has 0 aliphatic carbocycles. The van der Waals surface area contributed by atoms with Crippen LogP contribution in [0.2, 0.25) is 0 Å². The Morgan fingerprint density at radius 3 is 2.29 bits per heavy atom. The highest BCUT2D eigenvalue weighted by Gasteiger charge is 2.34. The van der Waals surface area contributed by atoms with Gasteiger partial charge in [-0.05, 0) is 48.0 Å². The molecule has 1 atom stereocenters. The lowest BCUT2D eigenvalue weighted by atomic mass is 9.95. The van der Waals surface area contributed by atoms with Crippen molar-refractivity contribution in [1.82, 2.24) is 4.90 Å². The van der Waals surface area contributed by atoms with Crippen LogP contribution in [0.4, 0.5) is 20.2 Å². The first-order valence-corrected chi connectivity index (χ1v) is 9.23. The molecule has 4 rings (SSSR count). The SMILES string of the molecule is O=C1CN(C(=O)c2ccc([N+](=O)[O-])cc2)[C@H](c2ccc(F)cc2)c2cc(F)ccc2N1. The molecule has 3 aromatic rings. The number of non-ortho nitro benzene ring substituents is 1. The smallest absolute Gasteiger partial charge is 0.269 e. The zero-order chi connectivity index (χ0) is 22.1. The Kier molecular flexibility index (Phi) is 5.16. The molecule has 31 heavy (non-hydrogen) atoms.